The van der Waals surface area contributed by atoms with Crippen molar-refractivity contribution in [2.45, 2.75) is 38.1 Å². The van der Waals surface area contributed by atoms with E-state index in [2.05, 4.69) is 9.97 Å². The van der Waals surface area contributed by atoms with Crippen LogP contribution < -0.4 is 15.5 Å². The Labute approximate surface area is 197 Å². The molecule has 0 saturated heterocycles. The molecule has 0 radical (unpaired) electrons. The summed E-state index contributed by atoms with van der Waals surface area (Å²) in [6.07, 6.45) is 6.62. The van der Waals surface area contributed by atoms with Crippen LogP contribution in [0.25, 0.3) is 22.2 Å². The van der Waals surface area contributed by atoms with E-state index >= 15 is 0 Å². The maximum absolute atomic E-state index is 12.9. The van der Waals surface area contributed by atoms with E-state index in [0.29, 0.717) is 22.6 Å². The Kier molecular flexibility index (Phi) is 5.67. The van der Waals surface area contributed by atoms with Crippen molar-refractivity contribution in [3.8, 4) is 22.6 Å². The molecule has 1 aliphatic rings. The van der Waals surface area contributed by atoms with Crippen molar-refractivity contribution < 1.29 is 14.6 Å². The molecule has 1 aliphatic carbocycles. The van der Waals surface area contributed by atoms with Gasteiger partial charge in [0.25, 0.3) is 0 Å². The summed E-state index contributed by atoms with van der Waals surface area (Å²) in [7, 11) is 0. The Morgan fingerprint density at radius 2 is 1.76 bits per heavy atom. The van der Waals surface area contributed by atoms with E-state index in [0.717, 1.165) is 42.6 Å². The number of ether oxygens (including phenoxy) is 1. The highest BCUT2D eigenvalue weighted by Gasteiger charge is 2.43. The second kappa shape index (κ2) is 8.79. The van der Waals surface area contributed by atoms with Crippen LogP contribution in [-0.4, -0.2) is 37.8 Å². The lowest BCUT2D eigenvalue weighted by molar-refractivity contribution is -0.120. The minimum Gasteiger partial charge on any atom is -0.457 e. The molecule has 8 heteroatoms. The summed E-state index contributed by atoms with van der Waals surface area (Å²) in [4.78, 5) is 21.6. The Bertz CT molecular complexity index is 1310. The number of carbonyl (C=O) groups is 1. The molecular weight excluding hydrogens is 430 g/mol. The van der Waals surface area contributed by atoms with Crippen molar-refractivity contribution in [2.24, 2.45) is 0 Å². The fourth-order valence-electron chi connectivity index (χ4n) is 4.95. The van der Waals surface area contributed by atoms with E-state index in [4.69, 9.17) is 10.5 Å². The van der Waals surface area contributed by atoms with Crippen molar-refractivity contribution in [2.75, 3.05) is 17.3 Å². The summed E-state index contributed by atoms with van der Waals surface area (Å²) in [5, 5.41) is 12.6. The monoisotopic (exact) mass is 457 g/mol. The van der Waals surface area contributed by atoms with Gasteiger partial charge >= 0.3 is 0 Å². The van der Waals surface area contributed by atoms with E-state index in [1.807, 2.05) is 60.8 Å². The van der Waals surface area contributed by atoms with Crippen LogP contribution in [0.4, 0.5) is 5.82 Å². The number of hydrogen-bond acceptors (Lipinski definition) is 6. The molecule has 2 aromatic carbocycles. The number of carbonyl (C=O) groups excluding carboxylic acids is 1. The van der Waals surface area contributed by atoms with Gasteiger partial charge in [-0.2, -0.15) is 0 Å². The van der Waals surface area contributed by atoms with Gasteiger partial charge < -0.3 is 15.6 Å². The first-order chi connectivity index (χ1) is 16.5. The fraction of sp³-hybridized carbons (Fsp3) is 0.269. The maximum Gasteiger partial charge on any atom is 0.238 e. The second-order valence-electron chi connectivity index (χ2n) is 8.70. The lowest BCUT2D eigenvalue weighted by Crippen LogP contribution is -2.57. The van der Waals surface area contributed by atoms with Gasteiger partial charge in [0, 0.05) is 18.7 Å². The molecule has 0 spiro atoms. The third kappa shape index (κ3) is 3.76. The molecule has 174 valence electrons. The summed E-state index contributed by atoms with van der Waals surface area (Å²) >= 11 is 0. The number of aromatic nitrogens is 3. The van der Waals surface area contributed by atoms with Gasteiger partial charge in [0.2, 0.25) is 5.91 Å². The molecule has 4 aromatic rings. The first kappa shape index (κ1) is 21.9. The normalized spacial score (nSPS) is 14.9. The number of nitrogens with zero attached hydrogens (tertiary/aromatic N) is 4. The third-order valence-corrected chi connectivity index (χ3v) is 6.53. The predicted molar refractivity (Wildman–Crippen MR) is 131 cm³/mol. The Balaban J connectivity index is 1.60. The van der Waals surface area contributed by atoms with Crippen LogP contribution in [0.5, 0.6) is 11.5 Å². The highest BCUT2D eigenvalue weighted by molar-refractivity contribution is 6.02. The Morgan fingerprint density at radius 3 is 2.41 bits per heavy atom. The number of benzene rings is 2. The van der Waals surface area contributed by atoms with Gasteiger partial charge in [-0.05, 0) is 42.7 Å². The minimum absolute atomic E-state index is 0.117. The van der Waals surface area contributed by atoms with E-state index in [1.165, 1.54) is 13.3 Å². The zero-order valence-electron chi connectivity index (χ0n) is 19.0. The van der Waals surface area contributed by atoms with Gasteiger partial charge in [-0.15, -0.1) is 0 Å². The van der Waals surface area contributed by atoms with Crippen LogP contribution in [0.1, 0.15) is 32.6 Å². The van der Waals surface area contributed by atoms with Crippen LogP contribution in [-0.2, 0) is 4.79 Å². The van der Waals surface area contributed by atoms with Crippen LogP contribution in [0, 0.1) is 0 Å². The summed E-state index contributed by atoms with van der Waals surface area (Å²) in [5.41, 5.74) is 7.85. The second-order valence-corrected chi connectivity index (χ2v) is 8.70. The maximum atomic E-state index is 12.9. The molecule has 0 unspecified atom stereocenters. The third-order valence-electron chi connectivity index (χ3n) is 6.53. The van der Waals surface area contributed by atoms with Gasteiger partial charge in [0.15, 0.2) is 5.65 Å². The highest BCUT2D eigenvalue weighted by atomic mass is 16.5. The van der Waals surface area contributed by atoms with Crippen molar-refractivity contribution in [3.63, 3.8) is 0 Å². The van der Waals surface area contributed by atoms with Crippen molar-refractivity contribution >= 4 is 22.8 Å². The van der Waals surface area contributed by atoms with E-state index in [1.54, 1.807) is 9.69 Å². The van der Waals surface area contributed by atoms with Crippen LogP contribution in [0.15, 0.2) is 67.1 Å². The van der Waals surface area contributed by atoms with Crippen LogP contribution >= 0.6 is 0 Å². The van der Waals surface area contributed by atoms with E-state index in [9.17, 15) is 9.90 Å². The van der Waals surface area contributed by atoms with Crippen molar-refractivity contribution in [1.82, 2.24) is 14.6 Å². The van der Waals surface area contributed by atoms with E-state index in [-0.39, 0.29) is 12.5 Å². The van der Waals surface area contributed by atoms with Crippen molar-refractivity contribution in [1.29, 1.82) is 0 Å². The van der Waals surface area contributed by atoms with Crippen molar-refractivity contribution in [3.05, 3.63) is 67.1 Å². The summed E-state index contributed by atoms with van der Waals surface area (Å²) in [6.45, 7) is 1.40. The standard InChI is InChI=1S/C26H27N5O3/c1-18(33)31(26(16-32)13-5-6-14-26)30-15-22(23-24(27)28-17-29-25(23)30)19-9-11-21(12-10-19)34-20-7-3-2-4-8-20/h2-4,7-12,15,17,32H,5-6,13-14,16H2,1H3,(H2,27,28,29). The molecule has 2 heterocycles. The molecule has 2 aromatic heterocycles. The number of rotatable bonds is 6. The summed E-state index contributed by atoms with van der Waals surface area (Å²) in [6, 6.07) is 17.2. The number of hydrogen-bond donors (Lipinski definition) is 2. The number of nitrogens with two attached hydrogens (primary N) is 1. The SMILES string of the molecule is CC(=O)N(n1cc(-c2ccc(Oc3ccccc3)cc2)c2c(N)ncnc21)C1(CO)CCCC1. The number of aliphatic hydroxyl groups excluding tert-OH is 1. The topological polar surface area (TPSA) is 106 Å². The number of para-hydroxylation sites is 1. The fourth-order valence-corrected chi connectivity index (χ4v) is 4.95. The number of fused-ring (bicyclic) bond motifs is 1. The molecule has 0 aliphatic heterocycles. The van der Waals surface area contributed by atoms with Gasteiger partial charge in [0.1, 0.15) is 23.6 Å². The summed E-state index contributed by atoms with van der Waals surface area (Å²) < 4.78 is 7.65. The molecule has 0 atom stereocenters. The smallest absolute Gasteiger partial charge is 0.238 e. The number of nitrogen functional groups attached to an aromatic ring is 1. The van der Waals surface area contributed by atoms with Gasteiger partial charge in [0.05, 0.1) is 17.5 Å². The zero-order chi connectivity index (χ0) is 23.7. The molecule has 8 nitrogen and oxygen atoms in total. The molecule has 1 saturated carbocycles. The van der Waals surface area contributed by atoms with E-state index < -0.39 is 5.54 Å². The number of anilines is 1. The Hall–Kier alpha value is -3.91. The summed E-state index contributed by atoms with van der Waals surface area (Å²) in [5.74, 6) is 1.63. The van der Waals surface area contributed by atoms with Gasteiger partial charge in [-0.25, -0.2) is 19.7 Å². The zero-order valence-corrected chi connectivity index (χ0v) is 19.0. The Morgan fingerprint density at radius 1 is 1.09 bits per heavy atom. The lowest BCUT2D eigenvalue weighted by Gasteiger charge is -2.39. The number of aliphatic hydroxyl groups is 1. The molecule has 0 bridgehead atoms. The largest absolute Gasteiger partial charge is 0.457 e. The van der Waals surface area contributed by atoms with Gasteiger partial charge in [-0.1, -0.05) is 43.2 Å². The molecule has 5 rings (SSSR count). The lowest BCUT2D eigenvalue weighted by atomic mass is 9.98. The number of amides is 1. The molecular formula is C26H27N5O3. The molecule has 34 heavy (non-hydrogen) atoms. The predicted octanol–water partition coefficient (Wildman–Crippen LogP) is 4.26. The quantitative estimate of drug-likeness (QED) is 0.448. The molecule has 1 amide bonds. The highest BCUT2D eigenvalue weighted by Crippen LogP contribution is 2.39. The average molecular weight is 458 g/mol. The van der Waals surface area contributed by atoms with Gasteiger partial charge in [-0.3, -0.25) is 4.79 Å². The van der Waals surface area contributed by atoms with Crippen LogP contribution in [0.3, 0.4) is 0 Å². The average Bonchev–Trinajstić information content (AvgIpc) is 3.47. The van der Waals surface area contributed by atoms with Crippen LogP contribution in [0.2, 0.25) is 0 Å². The first-order valence-corrected chi connectivity index (χ1v) is 11.4. The molecule has 3 N–H and O–H groups in total. The molecule has 1 fully saturated rings. The minimum atomic E-state index is -0.665. The first-order valence-electron chi connectivity index (χ1n) is 11.4.